The number of carbonyl (C=O) groups excluding carboxylic acids is 1. The van der Waals surface area contributed by atoms with Gasteiger partial charge < -0.3 is 15.0 Å². The zero-order chi connectivity index (χ0) is 18.2. The molecule has 134 valence electrons. The van der Waals surface area contributed by atoms with Crippen molar-refractivity contribution in [3.63, 3.8) is 0 Å². The van der Waals surface area contributed by atoms with Crippen LogP contribution >= 0.6 is 11.6 Å². The summed E-state index contributed by atoms with van der Waals surface area (Å²) in [5.41, 5.74) is 2.10. The van der Waals surface area contributed by atoms with Gasteiger partial charge in [-0.05, 0) is 56.2 Å². The molecule has 0 fully saturated rings. The Labute approximate surface area is 154 Å². The maximum atomic E-state index is 12.1. The van der Waals surface area contributed by atoms with Crippen molar-refractivity contribution in [1.29, 1.82) is 0 Å². The Hall–Kier alpha value is -2.20. The molecule has 2 aromatic carbocycles. The van der Waals surface area contributed by atoms with Gasteiger partial charge in [-0.3, -0.25) is 4.79 Å². The van der Waals surface area contributed by atoms with Crippen molar-refractivity contribution in [2.24, 2.45) is 0 Å². The van der Waals surface area contributed by atoms with E-state index in [1.807, 2.05) is 38.2 Å². The van der Waals surface area contributed by atoms with Gasteiger partial charge in [-0.2, -0.15) is 0 Å². The summed E-state index contributed by atoms with van der Waals surface area (Å²) in [5.74, 6) is 0.531. The summed E-state index contributed by atoms with van der Waals surface area (Å²) in [6, 6.07) is 15.6. The van der Waals surface area contributed by atoms with Crippen molar-refractivity contribution >= 4 is 23.2 Å². The molecule has 1 N–H and O–H groups in total. The fourth-order valence-electron chi connectivity index (χ4n) is 2.43. The summed E-state index contributed by atoms with van der Waals surface area (Å²) in [4.78, 5) is 14.3. The van der Waals surface area contributed by atoms with Gasteiger partial charge in [0.25, 0.3) is 5.91 Å². The van der Waals surface area contributed by atoms with Gasteiger partial charge in [-0.25, -0.2) is 0 Å². The van der Waals surface area contributed by atoms with Crippen molar-refractivity contribution in [1.82, 2.24) is 5.32 Å². The van der Waals surface area contributed by atoms with Gasteiger partial charge in [0, 0.05) is 30.8 Å². The normalized spacial score (nSPS) is 11.7. The first kappa shape index (κ1) is 19.1. The molecule has 0 radical (unpaired) electrons. The predicted octanol–water partition coefficient (Wildman–Crippen LogP) is 4.06. The second-order valence-electron chi connectivity index (χ2n) is 6.07. The van der Waals surface area contributed by atoms with Gasteiger partial charge in [0.1, 0.15) is 5.75 Å². The summed E-state index contributed by atoms with van der Waals surface area (Å²) >= 11 is 6.00. The fourth-order valence-corrected chi connectivity index (χ4v) is 2.55. The van der Waals surface area contributed by atoms with E-state index in [1.165, 1.54) is 5.69 Å². The number of ether oxygens (including phenoxy) is 1. The Bertz CT molecular complexity index is 691. The van der Waals surface area contributed by atoms with Crippen LogP contribution in [0.15, 0.2) is 48.5 Å². The Kier molecular flexibility index (Phi) is 7.14. The molecular weight excluding hydrogens is 336 g/mol. The number of anilines is 1. The average Bonchev–Trinajstić information content (AvgIpc) is 2.62. The number of para-hydroxylation sites is 1. The van der Waals surface area contributed by atoms with Gasteiger partial charge in [-0.1, -0.05) is 29.8 Å². The number of amides is 1. The first-order valence-corrected chi connectivity index (χ1v) is 8.82. The standard InChI is InChI=1S/C20H25ClN2O2/c1-15-14-18(10-11-19(15)21)25-16(2)20(24)22-12-7-13-23(3)17-8-5-4-6-9-17/h4-6,8-11,14,16H,7,12-13H2,1-3H3,(H,22,24). The molecule has 0 aliphatic heterocycles. The van der Waals surface area contributed by atoms with E-state index >= 15 is 0 Å². The van der Waals surface area contributed by atoms with Gasteiger partial charge in [0.2, 0.25) is 0 Å². The molecule has 0 spiro atoms. The van der Waals surface area contributed by atoms with Crippen molar-refractivity contribution in [2.45, 2.75) is 26.4 Å². The molecule has 5 heteroatoms. The van der Waals surface area contributed by atoms with E-state index in [-0.39, 0.29) is 5.91 Å². The van der Waals surface area contributed by atoms with Crippen LogP contribution in [0, 0.1) is 6.92 Å². The van der Waals surface area contributed by atoms with Crippen LogP contribution < -0.4 is 15.0 Å². The quantitative estimate of drug-likeness (QED) is 0.722. The minimum Gasteiger partial charge on any atom is -0.481 e. The molecule has 0 heterocycles. The molecule has 4 nitrogen and oxygen atoms in total. The van der Waals surface area contributed by atoms with Crippen LogP contribution in [0.4, 0.5) is 5.69 Å². The number of hydrogen-bond acceptors (Lipinski definition) is 3. The largest absolute Gasteiger partial charge is 0.481 e. The highest BCUT2D eigenvalue weighted by Gasteiger charge is 2.14. The van der Waals surface area contributed by atoms with E-state index in [4.69, 9.17) is 16.3 Å². The van der Waals surface area contributed by atoms with E-state index in [1.54, 1.807) is 19.1 Å². The van der Waals surface area contributed by atoms with E-state index in [0.717, 1.165) is 18.5 Å². The van der Waals surface area contributed by atoms with Crippen LogP contribution in [0.3, 0.4) is 0 Å². The highest BCUT2D eigenvalue weighted by molar-refractivity contribution is 6.31. The molecule has 0 saturated heterocycles. The Morgan fingerprint density at radius 2 is 1.96 bits per heavy atom. The second-order valence-corrected chi connectivity index (χ2v) is 6.48. The number of aryl methyl sites for hydroxylation is 1. The Morgan fingerprint density at radius 3 is 2.64 bits per heavy atom. The first-order chi connectivity index (χ1) is 12.0. The molecule has 25 heavy (non-hydrogen) atoms. The SMILES string of the molecule is Cc1cc(OC(C)C(=O)NCCCN(C)c2ccccc2)ccc1Cl. The van der Waals surface area contributed by atoms with Crippen molar-refractivity contribution in [3.8, 4) is 5.75 Å². The van der Waals surface area contributed by atoms with E-state index < -0.39 is 6.10 Å². The minimum absolute atomic E-state index is 0.116. The first-order valence-electron chi connectivity index (χ1n) is 8.44. The summed E-state index contributed by atoms with van der Waals surface area (Å²) in [7, 11) is 2.05. The minimum atomic E-state index is -0.549. The lowest BCUT2D eigenvalue weighted by Gasteiger charge is -2.20. The van der Waals surface area contributed by atoms with Crippen LogP contribution in [0.5, 0.6) is 5.75 Å². The molecule has 0 bridgehead atoms. The van der Waals surface area contributed by atoms with Crippen LogP contribution in [-0.2, 0) is 4.79 Å². The third-order valence-corrected chi connectivity index (χ3v) is 4.40. The molecule has 2 aromatic rings. The smallest absolute Gasteiger partial charge is 0.260 e. The molecule has 0 aliphatic rings. The van der Waals surface area contributed by atoms with Crippen molar-refractivity contribution < 1.29 is 9.53 Å². The number of rotatable bonds is 8. The lowest BCUT2D eigenvalue weighted by atomic mass is 10.2. The lowest BCUT2D eigenvalue weighted by molar-refractivity contribution is -0.127. The molecule has 1 amide bonds. The summed E-state index contributed by atoms with van der Waals surface area (Å²) in [6.07, 6.45) is 0.316. The van der Waals surface area contributed by atoms with Crippen LogP contribution in [0.1, 0.15) is 18.9 Å². The number of nitrogens with zero attached hydrogens (tertiary/aromatic N) is 1. The average molecular weight is 361 g/mol. The number of nitrogens with one attached hydrogen (secondary N) is 1. The monoisotopic (exact) mass is 360 g/mol. The second kappa shape index (κ2) is 9.33. The third-order valence-electron chi connectivity index (χ3n) is 3.98. The summed E-state index contributed by atoms with van der Waals surface area (Å²) in [5, 5.41) is 3.61. The van der Waals surface area contributed by atoms with Crippen molar-refractivity contribution in [3.05, 3.63) is 59.1 Å². The van der Waals surface area contributed by atoms with Crippen LogP contribution in [0.2, 0.25) is 5.02 Å². The Balaban J connectivity index is 1.71. The van der Waals surface area contributed by atoms with E-state index in [2.05, 4.69) is 22.3 Å². The van der Waals surface area contributed by atoms with E-state index in [0.29, 0.717) is 17.3 Å². The maximum Gasteiger partial charge on any atom is 0.260 e. The van der Waals surface area contributed by atoms with E-state index in [9.17, 15) is 4.79 Å². The number of halogens is 1. The zero-order valence-electron chi connectivity index (χ0n) is 15.0. The number of hydrogen-bond donors (Lipinski definition) is 1. The summed E-state index contributed by atoms with van der Waals surface area (Å²) < 4.78 is 5.68. The zero-order valence-corrected chi connectivity index (χ0v) is 15.7. The van der Waals surface area contributed by atoms with Crippen LogP contribution in [-0.4, -0.2) is 32.1 Å². The molecule has 0 aliphatic carbocycles. The fraction of sp³-hybridized carbons (Fsp3) is 0.350. The highest BCUT2D eigenvalue weighted by atomic mass is 35.5. The summed E-state index contributed by atoms with van der Waals surface area (Å²) in [6.45, 7) is 5.14. The lowest BCUT2D eigenvalue weighted by Crippen LogP contribution is -2.37. The number of benzene rings is 2. The maximum absolute atomic E-state index is 12.1. The van der Waals surface area contributed by atoms with Gasteiger partial charge >= 0.3 is 0 Å². The molecule has 1 atom stereocenters. The Morgan fingerprint density at radius 1 is 1.24 bits per heavy atom. The topological polar surface area (TPSA) is 41.6 Å². The van der Waals surface area contributed by atoms with Crippen molar-refractivity contribution in [2.75, 3.05) is 25.0 Å². The van der Waals surface area contributed by atoms with Gasteiger partial charge in [0.15, 0.2) is 6.10 Å². The molecule has 1 unspecified atom stereocenters. The third kappa shape index (κ3) is 5.98. The van der Waals surface area contributed by atoms with Crippen LogP contribution in [0.25, 0.3) is 0 Å². The predicted molar refractivity (Wildman–Crippen MR) is 104 cm³/mol. The van der Waals surface area contributed by atoms with Gasteiger partial charge in [0.05, 0.1) is 0 Å². The molecule has 2 rings (SSSR count). The molecule has 0 aromatic heterocycles. The number of carbonyl (C=O) groups is 1. The molecular formula is C20H25ClN2O2. The molecule has 0 saturated carbocycles. The highest BCUT2D eigenvalue weighted by Crippen LogP contribution is 2.21. The van der Waals surface area contributed by atoms with Gasteiger partial charge in [-0.15, -0.1) is 0 Å².